The molecule has 1 heterocycles. The number of H-pyrrole nitrogens is 1. The van der Waals surface area contributed by atoms with Gasteiger partial charge in [0, 0.05) is 0 Å². The van der Waals surface area contributed by atoms with Crippen LogP contribution in [-0.2, 0) is 0 Å². The van der Waals surface area contributed by atoms with Crippen LogP contribution in [0.3, 0.4) is 0 Å². The van der Waals surface area contributed by atoms with Crippen LogP contribution in [0.1, 0.15) is 38.2 Å². The van der Waals surface area contributed by atoms with Crippen LogP contribution in [0.2, 0.25) is 0 Å². The first-order valence-corrected chi connectivity index (χ1v) is 6.86. The van der Waals surface area contributed by atoms with Crippen LogP contribution in [0.5, 0.6) is 5.88 Å². The first-order chi connectivity index (χ1) is 9.70. The Hall–Kier alpha value is -2.14. The molecule has 2 rings (SSSR count). The van der Waals surface area contributed by atoms with E-state index in [1.165, 1.54) is 0 Å². The van der Waals surface area contributed by atoms with E-state index in [0.29, 0.717) is 11.4 Å². The van der Waals surface area contributed by atoms with Crippen molar-refractivity contribution in [1.29, 1.82) is 0 Å². The minimum atomic E-state index is -0.469. The molecule has 0 aliphatic heterocycles. The summed E-state index contributed by atoms with van der Waals surface area (Å²) in [4.78, 5) is 19.0. The molecule has 5 heteroatoms. The second-order valence-corrected chi connectivity index (χ2v) is 6.36. The highest BCUT2D eigenvalue weighted by molar-refractivity contribution is 5.67. The van der Waals surface area contributed by atoms with Crippen LogP contribution in [0.4, 0.5) is 0 Å². The summed E-state index contributed by atoms with van der Waals surface area (Å²) < 4.78 is 0. The standard InChI is InChI=1S/C16H21N3O2/c1-9-5-7-10(8-6-9)11-14(20)18-13(19-15(11)21)12(17)16(2,3)4/h5-8,12H,17H2,1-4H3,(H2,18,19,20,21). The average molecular weight is 287 g/mol. The fraction of sp³-hybridized carbons (Fsp3) is 0.375. The smallest absolute Gasteiger partial charge is 0.262 e. The highest BCUT2D eigenvalue weighted by atomic mass is 16.3. The number of nitrogens with one attached hydrogen (secondary N) is 1. The van der Waals surface area contributed by atoms with Crippen LogP contribution in [0.25, 0.3) is 11.1 Å². The van der Waals surface area contributed by atoms with Crippen molar-refractivity contribution in [1.82, 2.24) is 9.97 Å². The van der Waals surface area contributed by atoms with E-state index in [1.54, 1.807) is 12.1 Å². The van der Waals surface area contributed by atoms with E-state index in [9.17, 15) is 9.90 Å². The highest BCUT2D eigenvalue weighted by Crippen LogP contribution is 2.30. The zero-order chi connectivity index (χ0) is 15.8. The number of aromatic amines is 1. The Morgan fingerprint density at radius 1 is 1.24 bits per heavy atom. The SMILES string of the molecule is Cc1ccc(-c2c(O)nc(C(N)C(C)(C)C)[nH]c2=O)cc1. The third kappa shape index (κ3) is 3.13. The number of hydrogen-bond acceptors (Lipinski definition) is 4. The van der Waals surface area contributed by atoms with Crippen molar-refractivity contribution in [3.05, 3.63) is 46.0 Å². The highest BCUT2D eigenvalue weighted by Gasteiger charge is 2.26. The first kappa shape index (κ1) is 15.3. The Kier molecular flexibility index (Phi) is 3.87. The number of nitrogens with two attached hydrogens (primary N) is 1. The van der Waals surface area contributed by atoms with E-state index in [1.807, 2.05) is 39.8 Å². The summed E-state index contributed by atoms with van der Waals surface area (Å²) in [6.45, 7) is 7.80. The van der Waals surface area contributed by atoms with E-state index < -0.39 is 6.04 Å². The van der Waals surface area contributed by atoms with Crippen molar-refractivity contribution in [2.45, 2.75) is 33.7 Å². The molecule has 0 spiro atoms. The second kappa shape index (κ2) is 5.33. The molecule has 5 nitrogen and oxygen atoms in total. The van der Waals surface area contributed by atoms with Gasteiger partial charge in [0.05, 0.1) is 6.04 Å². The number of nitrogens with zero attached hydrogens (tertiary/aromatic N) is 1. The summed E-state index contributed by atoms with van der Waals surface area (Å²) in [5.74, 6) is -0.00170. The lowest BCUT2D eigenvalue weighted by Gasteiger charge is -2.26. The molecule has 0 saturated heterocycles. The van der Waals surface area contributed by atoms with Crippen molar-refractivity contribution < 1.29 is 5.11 Å². The Labute approximate surface area is 123 Å². The summed E-state index contributed by atoms with van der Waals surface area (Å²) in [6.07, 6.45) is 0. The lowest BCUT2D eigenvalue weighted by Crippen LogP contribution is -2.30. The molecule has 0 amide bonds. The van der Waals surface area contributed by atoms with Crippen LogP contribution >= 0.6 is 0 Å². The van der Waals surface area contributed by atoms with Gasteiger partial charge in [-0.2, -0.15) is 4.98 Å². The molecule has 0 radical (unpaired) electrons. The topological polar surface area (TPSA) is 92.0 Å². The Morgan fingerprint density at radius 3 is 2.29 bits per heavy atom. The summed E-state index contributed by atoms with van der Waals surface area (Å²) in [6, 6.07) is 6.85. The number of benzene rings is 1. The number of aromatic nitrogens is 2. The third-order valence-corrected chi connectivity index (χ3v) is 3.49. The number of rotatable bonds is 2. The molecule has 21 heavy (non-hydrogen) atoms. The normalized spacial score (nSPS) is 13.2. The summed E-state index contributed by atoms with van der Waals surface area (Å²) in [5, 5.41) is 10.1. The van der Waals surface area contributed by atoms with Gasteiger partial charge in [-0.1, -0.05) is 50.6 Å². The van der Waals surface area contributed by atoms with Crippen LogP contribution in [-0.4, -0.2) is 15.1 Å². The lowest BCUT2D eigenvalue weighted by atomic mass is 9.87. The van der Waals surface area contributed by atoms with E-state index in [4.69, 9.17) is 5.73 Å². The molecule has 0 aliphatic carbocycles. The summed E-state index contributed by atoms with van der Waals surface area (Å²) >= 11 is 0. The fourth-order valence-corrected chi connectivity index (χ4v) is 2.02. The molecule has 1 unspecified atom stereocenters. The van der Waals surface area contributed by atoms with Gasteiger partial charge >= 0.3 is 0 Å². The molecular weight excluding hydrogens is 266 g/mol. The maximum atomic E-state index is 12.3. The maximum Gasteiger partial charge on any atom is 0.262 e. The predicted molar refractivity (Wildman–Crippen MR) is 83.1 cm³/mol. The third-order valence-electron chi connectivity index (χ3n) is 3.49. The van der Waals surface area contributed by atoms with Gasteiger partial charge in [0.1, 0.15) is 11.4 Å². The molecule has 1 aromatic carbocycles. The van der Waals surface area contributed by atoms with Gasteiger partial charge in [0.15, 0.2) is 0 Å². The molecule has 1 atom stereocenters. The van der Waals surface area contributed by atoms with Crippen LogP contribution in [0.15, 0.2) is 29.1 Å². The minimum absolute atomic E-state index is 0.167. The molecule has 0 bridgehead atoms. The summed E-state index contributed by atoms with van der Waals surface area (Å²) in [7, 11) is 0. The molecule has 4 N–H and O–H groups in total. The van der Waals surface area contributed by atoms with Gasteiger partial charge < -0.3 is 15.8 Å². The number of aromatic hydroxyl groups is 1. The molecular formula is C16H21N3O2. The largest absolute Gasteiger partial charge is 0.493 e. The zero-order valence-electron chi connectivity index (χ0n) is 12.8. The molecule has 0 aliphatic rings. The Morgan fingerprint density at radius 2 is 1.81 bits per heavy atom. The van der Waals surface area contributed by atoms with E-state index >= 15 is 0 Å². The van der Waals surface area contributed by atoms with Gasteiger partial charge in [-0.3, -0.25) is 4.79 Å². The monoisotopic (exact) mass is 287 g/mol. The predicted octanol–water partition coefficient (Wildman–Crippen LogP) is 2.50. The molecule has 1 aromatic heterocycles. The Balaban J connectivity index is 2.53. The molecule has 0 saturated carbocycles. The number of aryl methyl sites for hydroxylation is 1. The second-order valence-electron chi connectivity index (χ2n) is 6.36. The van der Waals surface area contributed by atoms with E-state index in [2.05, 4.69) is 9.97 Å². The lowest BCUT2D eigenvalue weighted by molar-refractivity contribution is 0.311. The zero-order valence-corrected chi connectivity index (χ0v) is 12.8. The molecule has 0 fully saturated rings. The van der Waals surface area contributed by atoms with Gasteiger partial charge in [-0.15, -0.1) is 0 Å². The van der Waals surface area contributed by atoms with Gasteiger partial charge in [-0.25, -0.2) is 0 Å². The van der Waals surface area contributed by atoms with E-state index in [0.717, 1.165) is 5.56 Å². The van der Waals surface area contributed by atoms with Gasteiger partial charge in [0.25, 0.3) is 5.56 Å². The van der Waals surface area contributed by atoms with Crippen molar-refractivity contribution in [2.24, 2.45) is 11.1 Å². The van der Waals surface area contributed by atoms with Crippen LogP contribution in [0, 0.1) is 12.3 Å². The number of hydrogen-bond donors (Lipinski definition) is 3. The van der Waals surface area contributed by atoms with Gasteiger partial charge in [-0.05, 0) is 17.9 Å². The molecule has 2 aromatic rings. The maximum absolute atomic E-state index is 12.3. The summed E-state index contributed by atoms with van der Waals surface area (Å²) in [5.41, 5.74) is 7.29. The van der Waals surface area contributed by atoms with E-state index in [-0.39, 0.29) is 22.4 Å². The quantitative estimate of drug-likeness (QED) is 0.791. The van der Waals surface area contributed by atoms with Crippen molar-refractivity contribution in [3.8, 4) is 17.0 Å². The first-order valence-electron chi connectivity index (χ1n) is 6.86. The van der Waals surface area contributed by atoms with Crippen LogP contribution < -0.4 is 11.3 Å². The Bertz CT molecular complexity index is 697. The minimum Gasteiger partial charge on any atom is -0.493 e. The van der Waals surface area contributed by atoms with Crippen molar-refractivity contribution >= 4 is 0 Å². The average Bonchev–Trinajstić information content (AvgIpc) is 2.38. The molecule has 112 valence electrons. The van der Waals surface area contributed by atoms with Gasteiger partial charge in [0.2, 0.25) is 5.88 Å². The fourth-order valence-electron chi connectivity index (χ4n) is 2.02. The van der Waals surface area contributed by atoms with Crippen molar-refractivity contribution in [3.63, 3.8) is 0 Å². The van der Waals surface area contributed by atoms with Crippen molar-refractivity contribution in [2.75, 3.05) is 0 Å².